The van der Waals surface area contributed by atoms with Crippen molar-refractivity contribution in [2.24, 2.45) is 0 Å². The minimum Gasteiger partial charge on any atom is -0.497 e. The van der Waals surface area contributed by atoms with Gasteiger partial charge in [-0.05, 0) is 169 Å². The van der Waals surface area contributed by atoms with Crippen molar-refractivity contribution in [2.75, 3.05) is 61.7 Å². The van der Waals surface area contributed by atoms with Crippen LogP contribution in [0.4, 0.5) is 54.3 Å². The van der Waals surface area contributed by atoms with E-state index in [-0.39, 0.29) is 79.3 Å². The molecule has 0 unspecified atom stereocenters. The van der Waals surface area contributed by atoms with Crippen LogP contribution in [0, 0.1) is 47.4 Å². The van der Waals surface area contributed by atoms with Crippen LogP contribution in [0.1, 0.15) is 97.1 Å². The van der Waals surface area contributed by atoms with Gasteiger partial charge in [-0.2, -0.15) is 35.1 Å². The van der Waals surface area contributed by atoms with E-state index in [4.69, 9.17) is 18.9 Å². The first-order chi connectivity index (χ1) is 63.1. The molecule has 9 N–H and O–H groups in total. The summed E-state index contributed by atoms with van der Waals surface area (Å²) < 4.78 is 155. The fourth-order valence-corrected chi connectivity index (χ4v) is 15.6. The summed E-state index contributed by atoms with van der Waals surface area (Å²) in [6, 6.07) is 38.4. The number of hydrogen-bond donors (Lipinski definition) is 9. The molecule has 9 heterocycles. The summed E-state index contributed by atoms with van der Waals surface area (Å²) in [5, 5.41) is 19.3. The van der Waals surface area contributed by atoms with Gasteiger partial charge in [0.25, 0.3) is 47.3 Å². The molecule has 4 atom stereocenters. The first kappa shape index (κ1) is 92.6. The Morgan fingerprint density at radius 3 is 1.01 bits per heavy atom. The monoisotopic (exact) mass is 1850 g/mol. The lowest BCUT2D eigenvalue weighted by Gasteiger charge is -2.26. The van der Waals surface area contributed by atoms with Gasteiger partial charge in [0.2, 0.25) is 32.2 Å². The molecule has 0 bridgehead atoms. The van der Waals surface area contributed by atoms with Gasteiger partial charge in [-0.25, -0.2) is 32.3 Å². The summed E-state index contributed by atoms with van der Waals surface area (Å²) in [7, 11) is 3.64. The number of carbonyl (C=O) groups is 12. The molecule has 0 spiro atoms. The summed E-state index contributed by atoms with van der Waals surface area (Å²) in [6.45, 7) is -3.07. The number of nitrogens with zero attached hydrogens (tertiary/aromatic N) is 5. The standard InChI is InChI=1S/C24H18N4O4.C23H15F6N3O4.C22H17F2N3O5.C22H20N4O6S/c1-32-18-6-5-17-13-28(21(29)19(17)12-18)14-24(22(30)26-23(31)27-24)9-8-15-4-7-20-16(11-15)3-2-10-25-20;1-36-16-3-2-13-10-32(18(33)17(13)9-16)11-21(19(34)30-20(35)31-21)5-4-12-6-14(22(24,25)26)8-15(7-12)23(27,28)29;1-31-16-7-4-14-11-27(18(28)17(14)10-16)12-22(19(29)25-21(30)26-22)9-8-13-2-5-15(6-3-13)32-20(23)24;1-23-33(30,31)17-7-3-14(4-8-17)9-10-22(20(28)24-21(29)25-22)13-26-12-15-5-6-16(32-2)11-18(15)19(26)27/h2-7,10-12H,13-14H2,1H3,(H2,26,27,30,31);2-3,6-9H,10-11H2,1H3,(H2,30,31,34,35);2-7,10,20H,11-12H2,1H3,(H2,25,26,29,30);3-8,11,23H,12-13H2,1-2H3,(H2,24,25,28,29)/t24-;21-;2*22-/m1111/s1. The van der Waals surface area contributed by atoms with Gasteiger partial charge in [0.05, 0.1) is 76.2 Å². The third-order valence-corrected chi connectivity index (χ3v) is 23.1. The quantitative estimate of drug-likeness (QED) is 0.0262. The summed E-state index contributed by atoms with van der Waals surface area (Å²) >= 11 is 0. The van der Waals surface area contributed by atoms with Crippen molar-refractivity contribution in [3.8, 4) is 76.1 Å². The van der Waals surface area contributed by atoms with Gasteiger partial charge in [0, 0.05) is 82.3 Å². The molecule has 1 aromatic heterocycles. The Kier molecular flexibility index (Phi) is 25.7. The van der Waals surface area contributed by atoms with Gasteiger partial charge in [-0.15, -0.1) is 0 Å². The number of hydrogen-bond acceptors (Lipinski definition) is 20. The number of halogens is 8. The highest BCUT2D eigenvalue weighted by molar-refractivity contribution is 7.89. The third kappa shape index (κ3) is 20.0. The number of urea groups is 4. The highest BCUT2D eigenvalue weighted by Gasteiger charge is 2.53. The van der Waals surface area contributed by atoms with Gasteiger partial charge in [0.1, 0.15) is 28.7 Å². The van der Waals surface area contributed by atoms with Crippen molar-refractivity contribution in [3.63, 3.8) is 0 Å². The predicted molar refractivity (Wildman–Crippen MR) is 450 cm³/mol. The molecule has 8 aromatic carbocycles. The first-order valence-electron chi connectivity index (χ1n) is 39.4. The smallest absolute Gasteiger partial charge is 0.416 e. The third-order valence-electron chi connectivity index (χ3n) is 21.6. The van der Waals surface area contributed by atoms with Crippen molar-refractivity contribution < 1.29 is 125 Å². The van der Waals surface area contributed by atoms with E-state index >= 15 is 0 Å². The zero-order valence-corrected chi connectivity index (χ0v) is 70.7. The molecule has 16 amide bonds. The highest BCUT2D eigenvalue weighted by atomic mass is 32.2. The van der Waals surface area contributed by atoms with Gasteiger partial charge >= 0.3 is 43.1 Å². The Labute approximate surface area is 749 Å². The molecular weight excluding hydrogens is 1780 g/mol. The largest absolute Gasteiger partial charge is 0.497 e. The van der Waals surface area contributed by atoms with Crippen LogP contribution in [0.15, 0.2) is 181 Å². The molecule has 680 valence electrons. The summed E-state index contributed by atoms with van der Waals surface area (Å²) in [5.41, 5.74) is -3.89. The van der Waals surface area contributed by atoms with Gasteiger partial charge in [-0.1, -0.05) is 77.7 Å². The van der Waals surface area contributed by atoms with E-state index in [2.05, 4.69) is 99.0 Å². The van der Waals surface area contributed by atoms with Crippen LogP contribution in [-0.4, -0.2) is 195 Å². The average molecular weight is 1850 g/mol. The van der Waals surface area contributed by atoms with Crippen LogP contribution in [0.3, 0.4) is 0 Å². The van der Waals surface area contributed by atoms with Crippen LogP contribution >= 0.6 is 0 Å². The average Bonchev–Trinajstić information content (AvgIpc) is 1.62. The molecular formula is C91H70F8N14O19S. The second-order valence-corrected chi connectivity index (χ2v) is 32.2. The molecule has 4 fully saturated rings. The maximum Gasteiger partial charge on any atom is 0.416 e. The van der Waals surface area contributed by atoms with Gasteiger partial charge < -0.3 is 64.6 Å². The molecule has 42 heteroatoms. The van der Waals surface area contributed by atoms with Crippen LogP contribution in [-0.2, 0) is 67.7 Å². The SMILES string of the molecule is CNS(=O)(=O)c1ccc(C#C[C@]2(CN3Cc4ccc(OC)cc4C3=O)NC(=O)NC2=O)cc1.COc1ccc2c(c1)C(=O)N(C[C@@]1(C#Cc3cc(C(F)(F)F)cc(C(F)(F)F)c3)NC(=O)NC1=O)C2.COc1ccc2c(c1)C(=O)N(C[C@@]1(C#Cc3ccc(OC(F)F)cc3)NC(=O)NC1=O)C2.COc1ccc2c(c1)C(=O)N(C[C@@]1(C#Cc3ccc4ncccc4c3)NC(=O)NC1=O)C2. The Balaban J connectivity index is 0.000000143. The van der Waals surface area contributed by atoms with Crippen LogP contribution < -0.4 is 70.9 Å². The maximum atomic E-state index is 13.2. The first-order valence-corrected chi connectivity index (χ1v) is 40.9. The molecule has 8 aliphatic heterocycles. The van der Waals surface area contributed by atoms with E-state index in [9.17, 15) is 101 Å². The Morgan fingerprint density at radius 2 is 0.707 bits per heavy atom. The number of imide groups is 4. The molecule has 133 heavy (non-hydrogen) atoms. The molecule has 17 rings (SSSR count). The van der Waals surface area contributed by atoms with E-state index in [0.717, 1.165) is 27.6 Å². The second kappa shape index (κ2) is 36.9. The zero-order valence-electron chi connectivity index (χ0n) is 69.9. The van der Waals surface area contributed by atoms with E-state index in [1.165, 1.54) is 110 Å². The number of alkyl halides is 8. The lowest BCUT2D eigenvalue weighted by Crippen LogP contribution is -2.54. The molecule has 8 aliphatic rings. The number of benzene rings is 8. The number of amides is 16. The fourth-order valence-electron chi connectivity index (χ4n) is 14.9. The van der Waals surface area contributed by atoms with Gasteiger partial charge in [-0.3, -0.25) is 64.6 Å². The number of carbonyl (C=O) groups excluding carboxylic acids is 12. The van der Waals surface area contributed by atoms with Crippen molar-refractivity contribution in [1.82, 2.24) is 71.8 Å². The summed E-state index contributed by atoms with van der Waals surface area (Å²) in [5.74, 6) is 19.1. The summed E-state index contributed by atoms with van der Waals surface area (Å²) in [4.78, 5) is 160. The Hall–Kier alpha value is -16.6. The normalized spacial score (nSPS) is 19.4. The topological polar surface area (TPSA) is 419 Å². The van der Waals surface area contributed by atoms with E-state index in [1.54, 1.807) is 72.9 Å². The Morgan fingerprint density at radius 1 is 0.398 bits per heavy atom. The molecule has 33 nitrogen and oxygen atoms in total. The zero-order chi connectivity index (χ0) is 95.4. The summed E-state index contributed by atoms with van der Waals surface area (Å²) in [6.07, 6.45) is -8.48. The van der Waals surface area contributed by atoms with Crippen molar-refractivity contribution >= 4 is 92.3 Å². The number of methoxy groups -OCH3 is 4. The van der Waals surface area contributed by atoms with E-state index in [1.807, 2.05) is 35.6 Å². The number of nitrogens with one attached hydrogen (secondary N) is 9. The molecule has 4 saturated heterocycles. The van der Waals surface area contributed by atoms with Crippen LogP contribution in [0.5, 0.6) is 28.7 Å². The molecule has 0 radical (unpaired) electrons. The second-order valence-electron chi connectivity index (χ2n) is 30.3. The number of ether oxygens (including phenoxy) is 5. The highest BCUT2D eigenvalue weighted by Crippen LogP contribution is 2.39. The minimum atomic E-state index is -5.09. The van der Waals surface area contributed by atoms with Gasteiger partial charge in [0.15, 0.2) is 0 Å². The van der Waals surface area contributed by atoms with E-state index < -0.39 is 128 Å². The molecule has 0 aliphatic carbocycles. The van der Waals surface area contributed by atoms with Crippen LogP contribution in [0.25, 0.3) is 10.9 Å². The number of fused-ring (bicyclic) bond motifs is 5. The number of aromatic nitrogens is 1. The fraction of sp³-hybridized carbons (Fsp3) is 0.220. The predicted octanol–water partition coefficient (Wildman–Crippen LogP) is 7.22. The maximum absolute atomic E-state index is 13.2. The number of pyridine rings is 1. The van der Waals surface area contributed by atoms with Crippen LogP contribution in [0.2, 0.25) is 0 Å². The minimum absolute atomic E-state index is 0.0204. The number of sulfonamides is 1. The number of rotatable bonds is 16. The van der Waals surface area contributed by atoms with Crippen molar-refractivity contribution in [1.29, 1.82) is 0 Å². The Bertz CT molecular complexity index is 6770. The lowest BCUT2D eigenvalue weighted by atomic mass is 9.98. The lowest BCUT2D eigenvalue weighted by molar-refractivity contribution is -0.143. The molecule has 9 aromatic rings. The van der Waals surface area contributed by atoms with Crippen molar-refractivity contribution in [2.45, 2.75) is 72.2 Å². The van der Waals surface area contributed by atoms with Crippen molar-refractivity contribution in [3.05, 3.63) is 254 Å². The van der Waals surface area contributed by atoms with E-state index in [0.29, 0.717) is 80.6 Å². The molecule has 0 saturated carbocycles.